The number of hydrogen-bond donors (Lipinski definition) is 4. The largest absolute Gasteiger partial charge is 0.393 e. The quantitative estimate of drug-likeness (QED) is 0.577. The van der Waals surface area contributed by atoms with Gasteiger partial charge in [-0.2, -0.15) is 0 Å². The molecule has 1 rings (SSSR count). The zero-order valence-corrected chi connectivity index (χ0v) is 10.6. The summed E-state index contributed by atoms with van der Waals surface area (Å²) in [7, 11) is 0. The van der Waals surface area contributed by atoms with E-state index >= 15 is 0 Å². The van der Waals surface area contributed by atoms with Crippen LogP contribution in [0.1, 0.15) is 35.4 Å². The Morgan fingerprint density at radius 1 is 1.76 bits per heavy atom. The van der Waals surface area contributed by atoms with Crippen molar-refractivity contribution < 1.29 is 15.0 Å². The van der Waals surface area contributed by atoms with E-state index < -0.39 is 12.2 Å². The molecule has 0 aromatic carbocycles. The zero-order valence-electron chi connectivity index (χ0n) is 9.80. The second kappa shape index (κ2) is 5.54. The van der Waals surface area contributed by atoms with Crippen molar-refractivity contribution in [1.29, 1.82) is 0 Å². The lowest BCUT2D eigenvalue weighted by molar-refractivity contribution is 0.00316. The molecule has 7 heteroatoms. The van der Waals surface area contributed by atoms with Gasteiger partial charge in [0.2, 0.25) is 0 Å². The maximum Gasteiger partial charge on any atom is 0.270 e. The van der Waals surface area contributed by atoms with Crippen LogP contribution in [-0.4, -0.2) is 39.9 Å². The summed E-state index contributed by atoms with van der Waals surface area (Å²) in [6, 6.07) is -0.206. The number of nitrogens with zero attached hydrogens (tertiary/aromatic N) is 1. The highest BCUT2D eigenvalue weighted by Gasteiger charge is 2.21. The molecule has 0 spiro atoms. The first-order chi connectivity index (χ1) is 7.85. The third-order valence-electron chi connectivity index (χ3n) is 2.11. The summed E-state index contributed by atoms with van der Waals surface area (Å²) in [5, 5.41) is 23.1. The standard InChI is InChI=1S/C10H17N3O3S/c1-6(11)9-13-7(3-17-9)8(15)12-4-10(2,16)5-14/h3,6,14,16H,4-5,11H2,1-2H3,(H,12,15). The predicted octanol–water partition coefficient (Wildman–Crippen LogP) is -0.364. The van der Waals surface area contributed by atoms with Gasteiger partial charge in [0.25, 0.3) is 5.91 Å². The third kappa shape index (κ3) is 4.04. The van der Waals surface area contributed by atoms with Crippen molar-refractivity contribution >= 4 is 17.2 Å². The van der Waals surface area contributed by atoms with Crippen LogP contribution in [-0.2, 0) is 0 Å². The van der Waals surface area contributed by atoms with Crippen LogP contribution in [0.15, 0.2) is 5.38 Å². The Labute approximate surface area is 103 Å². The van der Waals surface area contributed by atoms with Crippen molar-refractivity contribution in [3.8, 4) is 0 Å². The van der Waals surface area contributed by atoms with Crippen LogP contribution in [0, 0.1) is 0 Å². The number of aliphatic hydroxyl groups excluding tert-OH is 1. The molecule has 0 aliphatic rings. The second-order valence-electron chi connectivity index (χ2n) is 4.20. The first-order valence-corrected chi connectivity index (χ1v) is 6.06. The summed E-state index contributed by atoms with van der Waals surface area (Å²) < 4.78 is 0. The van der Waals surface area contributed by atoms with Crippen LogP contribution in [0.25, 0.3) is 0 Å². The number of aliphatic hydroxyl groups is 2. The highest BCUT2D eigenvalue weighted by molar-refractivity contribution is 7.09. The monoisotopic (exact) mass is 259 g/mol. The van der Waals surface area contributed by atoms with E-state index in [9.17, 15) is 9.90 Å². The Kier molecular flexibility index (Phi) is 4.58. The topological polar surface area (TPSA) is 108 Å². The minimum absolute atomic E-state index is 0.0344. The maximum atomic E-state index is 11.6. The fraction of sp³-hybridized carbons (Fsp3) is 0.600. The molecule has 1 amide bonds. The molecular formula is C10H17N3O3S. The van der Waals surface area contributed by atoms with E-state index in [1.165, 1.54) is 18.3 Å². The fourth-order valence-corrected chi connectivity index (χ4v) is 1.78. The van der Waals surface area contributed by atoms with Crippen LogP contribution in [0.2, 0.25) is 0 Å². The molecule has 0 radical (unpaired) electrons. The SMILES string of the molecule is CC(N)c1nc(C(=O)NCC(C)(O)CO)cs1. The first kappa shape index (κ1) is 14.0. The van der Waals surface area contributed by atoms with Gasteiger partial charge in [-0.3, -0.25) is 4.79 Å². The van der Waals surface area contributed by atoms with Gasteiger partial charge < -0.3 is 21.3 Å². The molecule has 17 heavy (non-hydrogen) atoms. The first-order valence-electron chi connectivity index (χ1n) is 5.18. The van der Waals surface area contributed by atoms with Gasteiger partial charge in [-0.1, -0.05) is 0 Å². The average Bonchev–Trinajstić information content (AvgIpc) is 2.75. The molecular weight excluding hydrogens is 242 g/mol. The van der Waals surface area contributed by atoms with Crippen LogP contribution in [0.4, 0.5) is 0 Å². The summed E-state index contributed by atoms with van der Waals surface area (Å²) in [6.07, 6.45) is 0. The Balaban J connectivity index is 2.58. The van der Waals surface area contributed by atoms with E-state index in [2.05, 4.69) is 10.3 Å². The second-order valence-corrected chi connectivity index (χ2v) is 5.09. The van der Waals surface area contributed by atoms with E-state index in [-0.39, 0.29) is 24.2 Å². The van der Waals surface area contributed by atoms with E-state index in [1.807, 2.05) is 0 Å². The smallest absolute Gasteiger partial charge is 0.270 e. The van der Waals surface area contributed by atoms with Crippen molar-refractivity contribution in [3.05, 3.63) is 16.1 Å². The molecule has 5 N–H and O–H groups in total. The van der Waals surface area contributed by atoms with Crippen LogP contribution >= 0.6 is 11.3 Å². The van der Waals surface area contributed by atoms with Gasteiger partial charge in [-0.25, -0.2) is 4.98 Å². The highest BCUT2D eigenvalue weighted by atomic mass is 32.1. The average molecular weight is 259 g/mol. The Bertz CT molecular complexity index is 390. The van der Waals surface area contributed by atoms with Crippen molar-refractivity contribution in [2.45, 2.75) is 25.5 Å². The number of hydrogen-bond acceptors (Lipinski definition) is 6. The normalized spacial score (nSPS) is 16.3. The van der Waals surface area contributed by atoms with Gasteiger partial charge in [0.15, 0.2) is 0 Å². The summed E-state index contributed by atoms with van der Waals surface area (Å²) in [6.45, 7) is 2.77. The molecule has 2 unspecified atom stereocenters. The van der Waals surface area contributed by atoms with Gasteiger partial charge in [-0.05, 0) is 13.8 Å². The van der Waals surface area contributed by atoms with Crippen LogP contribution < -0.4 is 11.1 Å². The Morgan fingerprint density at radius 3 is 2.88 bits per heavy atom. The molecule has 1 aromatic heterocycles. The lowest BCUT2D eigenvalue weighted by atomic mass is 10.1. The summed E-state index contributed by atoms with van der Waals surface area (Å²) >= 11 is 1.32. The van der Waals surface area contributed by atoms with Crippen molar-refractivity contribution in [3.63, 3.8) is 0 Å². The Hall–Kier alpha value is -1.02. The zero-order chi connectivity index (χ0) is 13.1. The molecule has 1 heterocycles. The van der Waals surface area contributed by atoms with Crippen LogP contribution in [0.5, 0.6) is 0 Å². The molecule has 0 saturated carbocycles. The van der Waals surface area contributed by atoms with Gasteiger partial charge in [-0.15, -0.1) is 11.3 Å². The number of rotatable bonds is 5. The van der Waals surface area contributed by atoms with Gasteiger partial charge in [0.1, 0.15) is 16.3 Å². The summed E-state index contributed by atoms with van der Waals surface area (Å²) in [4.78, 5) is 15.7. The summed E-state index contributed by atoms with van der Waals surface area (Å²) in [5.74, 6) is -0.387. The number of nitrogens with one attached hydrogen (secondary N) is 1. The van der Waals surface area contributed by atoms with Crippen molar-refractivity contribution in [2.75, 3.05) is 13.2 Å². The predicted molar refractivity (Wildman–Crippen MR) is 64.8 cm³/mol. The minimum Gasteiger partial charge on any atom is -0.393 e. The van der Waals surface area contributed by atoms with Crippen molar-refractivity contribution in [1.82, 2.24) is 10.3 Å². The molecule has 0 bridgehead atoms. The molecule has 0 fully saturated rings. The highest BCUT2D eigenvalue weighted by Crippen LogP contribution is 2.15. The van der Waals surface area contributed by atoms with E-state index in [0.717, 1.165) is 0 Å². The molecule has 0 saturated heterocycles. The summed E-state index contributed by atoms with van der Waals surface area (Å²) in [5.41, 5.74) is 4.59. The van der Waals surface area contributed by atoms with Crippen molar-refractivity contribution in [2.24, 2.45) is 5.73 Å². The van der Waals surface area contributed by atoms with E-state index in [4.69, 9.17) is 10.8 Å². The lowest BCUT2D eigenvalue weighted by Crippen LogP contribution is -2.43. The molecule has 0 aliphatic heterocycles. The molecule has 2 atom stereocenters. The molecule has 96 valence electrons. The van der Waals surface area contributed by atoms with E-state index in [1.54, 1.807) is 12.3 Å². The maximum absolute atomic E-state index is 11.6. The fourth-order valence-electron chi connectivity index (χ4n) is 1.02. The Morgan fingerprint density at radius 2 is 2.41 bits per heavy atom. The molecule has 0 aliphatic carbocycles. The minimum atomic E-state index is -1.32. The number of amides is 1. The van der Waals surface area contributed by atoms with Gasteiger partial charge in [0.05, 0.1) is 12.6 Å². The van der Waals surface area contributed by atoms with E-state index in [0.29, 0.717) is 5.01 Å². The van der Waals surface area contributed by atoms with Gasteiger partial charge >= 0.3 is 0 Å². The number of nitrogens with two attached hydrogens (primary N) is 1. The molecule has 1 aromatic rings. The number of aromatic nitrogens is 1. The number of thiazole rings is 1. The van der Waals surface area contributed by atoms with Gasteiger partial charge in [0, 0.05) is 11.9 Å². The van der Waals surface area contributed by atoms with Crippen LogP contribution in [0.3, 0.4) is 0 Å². The number of carbonyl (C=O) groups excluding carboxylic acids is 1. The third-order valence-corrected chi connectivity index (χ3v) is 3.16. The number of carbonyl (C=O) groups is 1. The molecule has 6 nitrogen and oxygen atoms in total. The lowest BCUT2D eigenvalue weighted by Gasteiger charge is -2.20.